The summed E-state index contributed by atoms with van der Waals surface area (Å²) in [5, 5.41) is 16.8. The molecule has 12 aromatic rings. The fraction of sp³-hybridized carbons (Fsp3) is 0.0370. The molecule has 4 heterocycles. The maximum atomic E-state index is 9.88. The number of nitriles is 1. The molecule has 0 saturated heterocycles. The minimum absolute atomic E-state index is 0.489. The lowest BCUT2D eigenvalue weighted by atomic mass is 10.0. The zero-order valence-corrected chi connectivity index (χ0v) is 32.9. The molecule has 0 bridgehead atoms. The van der Waals surface area contributed by atoms with Crippen molar-refractivity contribution in [2.45, 2.75) is 13.0 Å². The summed E-state index contributed by atoms with van der Waals surface area (Å²) in [7, 11) is 0. The average molecular weight is 782 g/mol. The number of hydrogen-bond donors (Lipinski definition) is 0. The first-order chi connectivity index (χ1) is 30.2. The van der Waals surface area contributed by atoms with Crippen LogP contribution in [0.3, 0.4) is 0 Å². The van der Waals surface area contributed by atoms with Gasteiger partial charge in [-0.05, 0) is 71.8 Å². The van der Waals surface area contributed by atoms with Crippen LogP contribution in [0.5, 0.6) is 0 Å². The predicted octanol–water partition coefficient (Wildman–Crippen LogP) is 12.4. The molecule has 0 unspecified atom stereocenters. The monoisotopic (exact) mass is 781 g/mol. The first kappa shape index (κ1) is 34.7. The molecule has 0 saturated carbocycles. The van der Waals surface area contributed by atoms with Crippen molar-refractivity contribution in [1.82, 2.24) is 28.7 Å². The number of hydrogen-bond acceptors (Lipinski definition) is 4. The Morgan fingerprint density at radius 3 is 1.56 bits per heavy atom. The lowest BCUT2D eigenvalue weighted by Gasteiger charge is -2.16. The van der Waals surface area contributed by atoms with Gasteiger partial charge in [0, 0.05) is 61.9 Å². The zero-order chi connectivity index (χ0) is 40.4. The van der Waals surface area contributed by atoms with E-state index in [0.717, 1.165) is 49.7 Å². The van der Waals surface area contributed by atoms with Crippen LogP contribution in [0, 0.1) is 11.3 Å². The highest BCUT2D eigenvalue weighted by Gasteiger charge is 2.22. The highest BCUT2D eigenvalue weighted by atomic mass is 15.2. The van der Waals surface area contributed by atoms with Crippen molar-refractivity contribution >= 4 is 65.4 Å². The molecule has 61 heavy (non-hydrogen) atoms. The Morgan fingerprint density at radius 2 is 0.918 bits per heavy atom. The number of para-hydroxylation sites is 6. The molecule has 0 atom stereocenters. The van der Waals surface area contributed by atoms with Crippen LogP contribution in [0.1, 0.15) is 22.5 Å². The van der Waals surface area contributed by atoms with Gasteiger partial charge >= 0.3 is 0 Å². The second-order valence-electron chi connectivity index (χ2n) is 15.5. The Kier molecular flexibility index (Phi) is 7.90. The highest BCUT2D eigenvalue weighted by Crippen LogP contribution is 2.37. The number of aromatic nitrogens is 6. The lowest BCUT2D eigenvalue weighted by molar-refractivity contribution is 0.834. The molecule has 7 nitrogen and oxygen atoms in total. The van der Waals surface area contributed by atoms with Crippen molar-refractivity contribution in [1.29, 1.82) is 5.26 Å². The van der Waals surface area contributed by atoms with Gasteiger partial charge in [-0.2, -0.15) is 15.2 Å². The maximum Gasteiger partial charge on any atom is 0.238 e. The molecular weight excluding hydrogens is 747 g/mol. The van der Waals surface area contributed by atoms with Crippen LogP contribution in [0.15, 0.2) is 188 Å². The zero-order valence-electron chi connectivity index (χ0n) is 32.9. The van der Waals surface area contributed by atoms with Gasteiger partial charge < -0.3 is 9.13 Å². The van der Waals surface area contributed by atoms with Gasteiger partial charge in [0.15, 0.2) is 5.82 Å². The van der Waals surface area contributed by atoms with Crippen LogP contribution in [-0.2, 0) is 13.0 Å². The van der Waals surface area contributed by atoms with Crippen molar-refractivity contribution in [3.63, 3.8) is 0 Å². The molecule has 0 aliphatic rings. The smallest absolute Gasteiger partial charge is 0.238 e. The molecule has 12 rings (SSSR count). The van der Waals surface area contributed by atoms with E-state index in [2.05, 4.69) is 177 Å². The molecule has 4 aromatic heterocycles. The van der Waals surface area contributed by atoms with Gasteiger partial charge in [0.25, 0.3) is 0 Å². The minimum atomic E-state index is 0.489. The van der Waals surface area contributed by atoms with Gasteiger partial charge in [0.2, 0.25) is 5.95 Å². The largest absolute Gasteiger partial charge is 0.336 e. The lowest BCUT2D eigenvalue weighted by Crippen LogP contribution is -2.11. The molecule has 0 aliphatic carbocycles. The Hall–Kier alpha value is -8.34. The SMILES string of the molecule is N#Cc1ccc2c(c1)c1ccccc1n2-c1nc(Cc2ccccc2Cn2c3ccccc3c3ccccc32)nc(-c2ccccc2-n2c3ccccc3c3ccccc32)n1. The van der Waals surface area contributed by atoms with Crippen LogP contribution in [0.2, 0.25) is 0 Å². The van der Waals surface area contributed by atoms with E-state index in [1.54, 1.807) is 0 Å². The van der Waals surface area contributed by atoms with Gasteiger partial charge in [0.05, 0.1) is 39.4 Å². The minimum Gasteiger partial charge on any atom is -0.336 e. The second kappa shape index (κ2) is 13.9. The van der Waals surface area contributed by atoms with E-state index in [-0.39, 0.29) is 0 Å². The van der Waals surface area contributed by atoms with Crippen LogP contribution >= 0.6 is 0 Å². The van der Waals surface area contributed by atoms with Crippen LogP contribution in [0.4, 0.5) is 0 Å². The topological polar surface area (TPSA) is 77.2 Å². The number of rotatable bonds is 7. The Labute approximate surface area is 350 Å². The molecule has 0 fully saturated rings. The molecule has 8 aromatic carbocycles. The van der Waals surface area contributed by atoms with Crippen LogP contribution < -0.4 is 0 Å². The third-order valence-electron chi connectivity index (χ3n) is 12.1. The predicted molar refractivity (Wildman–Crippen MR) is 246 cm³/mol. The number of nitrogens with zero attached hydrogens (tertiary/aromatic N) is 7. The summed E-state index contributed by atoms with van der Waals surface area (Å²) in [5.74, 6) is 1.76. The van der Waals surface area contributed by atoms with Crippen LogP contribution in [-0.4, -0.2) is 28.7 Å². The number of fused-ring (bicyclic) bond motifs is 9. The first-order valence-corrected chi connectivity index (χ1v) is 20.5. The van der Waals surface area contributed by atoms with Crippen molar-refractivity contribution in [2.24, 2.45) is 0 Å². The summed E-state index contributed by atoms with van der Waals surface area (Å²) in [6.07, 6.45) is 0.489. The van der Waals surface area contributed by atoms with E-state index in [4.69, 9.17) is 15.0 Å². The molecule has 0 amide bonds. The van der Waals surface area contributed by atoms with Gasteiger partial charge in [-0.3, -0.25) is 4.57 Å². The Balaban J connectivity index is 1.07. The van der Waals surface area contributed by atoms with Crippen molar-refractivity contribution in [2.75, 3.05) is 0 Å². The third kappa shape index (κ3) is 5.54. The van der Waals surface area contributed by atoms with Crippen LogP contribution in [0.25, 0.3) is 88.4 Å². The van der Waals surface area contributed by atoms with Crippen molar-refractivity contribution < 1.29 is 0 Å². The van der Waals surface area contributed by atoms with Gasteiger partial charge in [-0.25, -0.2) is 4.98 Å². The van der Waals surface area contributed by atoms with E-state index < -0.39 is 0 Å². The van der Waals surface area contributed by atoms with Crippen molar-refractivity contribution in [3.05, 3.63) is 211 Å². The summed E-state index contributed by atoms with van der Waals surface area (Å²) in [5.41, 5.74) is 11.3. The van der Waals surface area contributed by atoms with E-state index in [0.29, 0.717) is 36.1 Å². The summed E-state index contributed by atoms with van der Waals surface area (Å²) < 4.78 is 6.87. The molecule has 0 N–H and O–H groups in total. The average Bonchev–Trinajstić information content (AvgIpc) is 3.95. The Bertz CT molecular complexity index is 3640. The van der Waals surface area contributed by atoms with E-state index >= 15 is 0 Å². The van der Waals surface area contributed by atoms with E-state index in [1.807, 2.05) is 30.3 Å². The highest BCUT2D eigenvalue weighted by molar-refractivity contribution is 6.11. The number of benzene rings is 8. The summed E-state index contributed by atoms with van der Waals surface area (Å²) in [6.45, 7) is 0.694. The molecule has 7 heteroatoms. The van der Waals surface area contributed by atoms with Gasteiger partial charge in [-0.15, -0.1) is 0 Å². The molecule has 0 aliphatic heterocycles. The fourth-order valence-electron chi connectivity index (χ4n) is 9.40. The van der Waals surface area contributed by atoms with Crippen molar-refractivity contribution in [3.8, 4) is 29.1 Å². The summed E-state index contributed by atoms with van der Waals surface area (Å²) in [6, 6.07) is 67.9. The molecular formula is C54H35N7. The molecule has 286 valence electrons. The summed E-state index contributed by atoms with van der Waals surface area (Å²) >= 11 is 0. The maximum absolute atomic E-state index is 9.88. The Morgan fingerprint density at radius 1 is 0.426 bits per heavy atom. The summed E-state index contributed by atoms with van der Waals surface area (Å²) in [4.78, 5) is 16.1. The van der Waals surface area contributed by atoms with E-state index in [9.17, 15) is 5.26 Å². The molecule has 0 radical (unpaired) electrons. The van der Waals surface area contributed by atoms with E-state index in [1.165, 1.54) is 38.1 Å². The standard InChI is InChI=1S/C54H35N7/c55-33-35-29-30-51-44(31-35)42-21-7-13-27-49(42)61(51)54-57-52(32-36-15-1-2-16-37(36)34-59-45-23-9-3-17-38(45)39-18-4-10-24-46(39)59)56-53(58-54)43-22-8-14-28-50(43)60-47-25-11-5-19-40(47)41-20-6-12-26-48(41)60/h1-31H,32,34H2. The second-order valence-corrected chi connectivity index (χ2v) is 15.5. The first-order valence-electron chi connectivity index (χ1n) is 20.5. The van der Waals surface area contributed by atoms with Gasteiger partial charge in [-0.1, -0.05) is 127 Å². The third-order valence-corrected chi connectivity index (χ3v) is 12.1. The molecule has 0 spiro atoms. The normalized spacial score (nSPS) is 11.7. The fourth-order valence-corrected chi connectivity index (χ4v) is 9.40. The quantitative estimate of drug-likeness (QED) is 0.161. The van der Waals surface area contributed by atoms with Gasteiger partial charge in [0.1, 0.15) is 5.82 Å².